The molecule has 2 saturated heterocycles. The quantitative estimate of drug-likeness (QED) is 0.729. The Bertz CT molecular complexity index is 833. The first kappa shape index (κ1) is 20.0. The summed E-state index contributed by atoms with van der Waals surface area (Å²) in [7, 11) is 0. The van der Waals surface area contributed by atoms with Crippen LogP contribution in [-0.4, -0.2) is 56.9 Å². The van der Waals surface area contributed by atoms with E-state index in [0.29, 0.717) is 44.1 Å². The lowest BCUT2D eigenvalue weighted by Crippen LogP contribution is -2.60. The fourth-order valence-corrected chi connectivity index (χ4v) is 3.99. The van der Waals surface area contributed by atoms with E-state index in [1.165, 1.54) is 18.2 Å². The van der Waals surface area contributed by atoms with Gasteiger partial charge >= 0.3 is 6.18 Å². The second kappa shape index (κ2) is 8.20. The van der Waals surface area contributed by atoms with Crippen molar-refractivity contribution in [3.63, 3.8) is 0 Å². The maximum Gasteiger partial charge on any atom is 0.416 e. The van der Waals surface area contributed by atoms with Crippen molar-refractivity contribution in [1.29, 1.82) is 0 Å². The number of anilines is 2. The second-order valence-corrected chi connectivity index (χ2v) is 7.36. The Balaban J connectivity index is 1.39. The molecule has 2 aromatic carbocycles. The molecule has 0 saturated carbocycles. The van der Waals surface area contributed by atoms with Crippen LogP contribution in [0.25, 0.3) is 0 Å². The Labute approximate surface area is 167 Å². The number of para-hydroxylation sites is 1. The van der Waals surface area contributed by atoms with Crippen LogP contribution in [0.1, 0.15) is 5.56 Å². The molecule has 1 radical (unpaired) electrons. The first-order chi connectivity index (χ1) is 13.9. The standard InChI is InChI=1S/C21H23F4N4/c22-18-6-1-2-7-19(18)27-10-12-28(13-11-27)20-15-29(9-8-26-20)17-5-3-4-16(14-17)21(23,24)25/h1-7,14,20H,8-13,15H2. The van der Waals surface area contributed by atoms with Gasteiger partial charge in [-0.1, -0.05) is 18.2 Å². The number of hydrogen-bond acceptors (Lipinski definition) is 3. The van der Waals surface area contributed by atoms with Gasteiger partial charge in [-0.2, -0.15) is 13.2 Å². The lowest BCUT2D eigenvalue weighted by molar-refractivity contribution is -0.137. The van der Waals surface area contributed by atoms with Crippen LogP contribution in [0, 0.1) is 5.82 Å². The summed E-state index contributed by atoms with van der Waals surface area (Å²) in [5, 5.41) is 4.68. The van der Waals surface area contributed by atoms with Crippen LogP contribution in [0.3, 0.4) is 0 Å². The molecule has 2 heterocycles. The molecule has 0 aromatic heterocycles. The van der Waals surface area contributed by atoms with E-state index in [1.54, 1.807) is 18.2 Å². The maximum absolute atomic E-state index is 14.0. The molecular weight excluding hydrogens is 384 g/mol. The monoisotopic (exact) mass is 407 g/mol. The molecule has 1 atom stereocenters. The summed E-state index contributed by atoms with van der Waals surface area (Å²) in [6.45, 7) is 4.59. The Morgan fingerprint density at radius 2 is 1.62 bits per heavy atom. The zero-order chi connectivity index (χ0) is 20.4. The first-order valence-corrected chi connectivity index (χ1v) is 9.74. The van der Waals surface area contributed by atoms with E-state index in [9.17, 15) is 17.6 Å². The minimum Gasteiger partial charge on any atom is -0.367 e. The molecule has 2 fully saturated rings. The Kier molecular flexibility index (Phi) is 5.65. The summed E-state index contributed by atoms with van der Waals surface area (Å²) >= 11 is 0. The van der Waals surface area contributed by atoms with Crippen molar-refractivity contribution in [3.05, 3.63) is 59.9 Å². The highest BCUT2D eigenvalue weighted by Crippen LogP contribution is 2.32. The van der Waals surface area contributed by atoms with Crippen LogP contribution < -0.4 is 15.1 Å². The van der Waals surface area contributed by atoms with Crippen molar-refractivity contribution in [2.75, 3.05) is 55.6 Å². The van der Waals surface area contributed by atoms with Gasteiger partial charge in [0.1, 0.15) is 5.82 Å². The third-order valence-electron chi connectivity index (χ3n) is 5.56. The number of hydrogen-bond donors (Lipinski definition) is 0. The van der Waals surface area contributed by atoms with E-state index in [0.717, 1.165) is 19.2 Å². The molecule has 8 heteroatoms. The van der Waals surface area contributed by atoms with Crippen LogP contribution in [0.5, 0.6) is 0 Å². The highest BCUT2D eigenvalue weighted by Gasteiger charge is 2.32. The zero-order valence-electron chi connectivity index (χ0n) is 15.9. The van der Waals surface area contributed by atoms with Crippen molar-refractivity contribution >= 4 is 11.4 Å². The summed E-state index contributed by atoms with van der Waals surface area (Å²) < 4.78 is 53.1. The summed E-state index contributed by atoms with van der Waals surface area (Å²) in [6, 6.07) is 12.2. The molecule has 0 N–H and O–H groups in total. The topological polar surface area (TPSA) is 23.8 Å². The van der Waals surface area contributed by atoms with Gasteiger partial charge in [-0.3, -0.25) is 4.90 Å². The van der Waals surface area contributed by atoms with Gasteiger partial charge in [-0.15, -0.1) is 0 Å². The molecule has 4 nitrogen and oxygen atoms in total. The fourth-order valence-electron chi connectivity index (χ4n) is 3.99. The summed E-state index contributed by atoms with van der Waals surface area (Å²) in [5.41, 5.74) is 0.551. The number of rotatable bonds is 3. The summed E-state index contributed by atoms with van der Waals surface area (Å²) in [4.78, 5) is 6.23. The normalized spacial score (nSPS) is 21.4. The number of nitrogens with zero attached hydrogens (tertiary/aromatic N) is 4. The molecular formula is C21H23F4N4. The van der Waals surface area contributed by atoms with Gasteiger partial charge in [0.2, 0.25) is 0 Å². The highest BCUT2D eigenvalue weighted by atomic mass is 19.4. The highest BCUT2D eigenvalue weighted by molar-refractivity contribution is 5.50. The van der Waals surface area contributed by atoms with Crippen molar-refractivity contribution in [1.82, 2.24) is 10.2 Å². The Morgan fingerprint density at radius 3 is 2.34 bits per heavy atom. The molecule has 0 bridgehead atoms. The molecule has 4 rings (SSSR count). The lowest BCUT2D eigenvalue weighted by Gasteiger charge is -2.44. The lowest BCUT2D eigenvalue weighted by atomic mass is 10.1. The third-order valence-corrected chi connectivity index (χ3v) is 5.56. The molecule has 155 valence electrons. The van der Waals surface area contributed by atoms with Gasteiger partial charge < -0.3 is 9.80 Å². The smallest absolute Gasteiger partial charge is 0.367 e. The van der Waals surface area contributed by atoms with Gasteiger partial charge in [-0.05, 0) is 30.3 Å². The third kappa shape index (κ3) is 4.48. The van der Waals surface area contributed by atoms with Crippen LogP contribution in [0.15, 0.2) is 48.5 Å². The van der Waals surface area contributed by atoms with E-state index < -0.39 is 11.7 Å². The molecule has 2 aromatic rings. The molecule has 0 aliphatic carbocycles. The van der Waals surface area contributed by atoms with Gasteiger partial charge in [0, 0.05) is 51.5 Å². The number of benzene rings is 2. The van der Waals surface area contributed by atoms with E-state index >= 15 is 0 Å². The summed E-state index contributed by atoms with van der Waals surface area (Å²) in [6.07, 6.45) is -4.42. The minimum atomic E-state index is -4.35. The molecule has 2 aliphatic heterocycles. The predicted octanol–water partition coefficient (Wildman–Crippen LogP) is 3.42. The average Bonchev–Trinajstić information content (AvgIpc) is 2.74. The van der Waals surface area contributed by atoms with Gasteiger partial charge in [0.05, 0.1) is 17.4 Å². The van der Waals surface area contributed by atoms with Gasteiger partial charge in [-0.25, -0.2) is 9.71 Å². The van der Waals surface area contributed by atoms with Crippen LogP contribution in [-0.2, 0) is 6.18 Å². The minimum absolute atomic E-state index is 0.0685. The zero-order valence-corrected chi connectivity index (χ0v) is 15.9. The second-order valence-electron chi connectivity index (χ2n) is 7.36. The average molecular weight is 407 g/mol. The molecule has 29 heavy (non-hydrogen) atoms. The van der Waals surface area contributed by atoms with Crippen molar-refractivity contribution in [3.8, 4) is 0 Å². The molecule has 2 aliphatic rings. The molecule has 0 spiro atoms. The largest absolute Gasteiger partial charge is 0.416 e. The Morgan fingerprint density at radius 1 is 0.862 bits per heavy atom. The van der Waals surface area contributed by atoms with E-state index in [1.807, 2.05) is 15.9 Å². The van der Waals surface area contributed by atoms with Gasteiger partial charge in [0.15, 0.2) is 0 Å². The van der Waals surface area contributed by atoms with E-state index in [4.69, 9.17) is 0 Å². The fraction of sp³-hybridized carbons (Fsp3) is 0.429. The molecule has 0 amide bonds. The number of piperazine rings is 2. The maximum atomic E-state index is 14.0. The van der Waals surface area contributed by atoms with E-state index in [2.05, 4.69) is 10.2 Å². The van der Waals surface area contributed by atoms with Crippen LogP contribution in [0.2, 0.25) is 0 Å². The predicted molar refractivity (Wildman–Crippen MR) is 105 cm³/mol. The Hall–Kier alpha value is -2.32. The summed E-state index contributed by atoms with van der Waals surface area (Å²) in [5.74, 6) is -0.223. The van der Waals surface area contributed by atoms with Crippen molar-refractivity contribution in [2.45, 2.75) is 12.3 Å². The SMILES string of the molecule is Fc1ccccc1N1CCN(C2CN(c3cccc(C(F)(F)F)c3)CC[N]2)CC1. The number of alkyl halides is 3. The van der Waals surface area contributed by atoms with Gasteiger partial charge in [0.25, 0.3) is 0 Å². The van der Waals surface area contributed by atoms with Crippen LogP contribution in [0.4, 0.5) is 28.9 Å². The van der Waals surface area contributed by atoms with E-state index in [-0.39, 0.29) is 12.0 Å². The molecule has 1 unspecified atom stereocenters. The number of halogens is 4. The van der Waals surface area contributed by atoms with Crippen LogP contribution >= 0.6 is 0 Å². The van der Waals surface area contributed by atoms with Crippen molar-refractivity contribution < 1.29 is 17.6 Å². The first-order valence-electron chi connectivity index (χ1n) is 9.74. The van der Waals surface area contributed by atoms with Crippen molar-refractivity contribution in [2.24, 2.45) is 0 Å².